The summed E-state index contributed by atoms with van der Waals surface area (Å²) in [4.78, 5) is 11.6. The van der Waals surface area contributed by atoms with E-state index in [1.807, 2.05) is 43.3 Å². The summed E-state index contributed by atoms with van der Waals surface area (Å²) in [6.45, 7) is 2.90. The zero-order valence-electron chi connectivity index (χ0n) is 13.7. The first-order valence-corrected chi connectivity index (χ1v) is 8.55. The van der Waals surface area contributed by atoms with Gasteiger partial charge in [0.2, 0.25) is 0 Å². The fourth-order valence-corrected chi connectivity index (χ4v) is 2.91. The molecular weight excluding hydrogens is 357 g/mol. The Morgan fingerprint density at radius 1 is 1.16 bits per heavy atom. The van der Waals surface area contributed by atoms with E-state index in [-0.39, 0.29) is 5.69 Å². The van der Waals surface area contributed by atoms with Crippen molar-refractivity contribution in [1.29, 1.82) is 0 Å². The van der Waals surface area contributed by atoms with Crippen molar-refractivity contribution in [2.24, 2.45) is 5.73 Å². The van der Waals surface area contributed by atoms with E-state index in [0.717, 1.165) is 22.4 Å². The Morgan fingerprint density at radius 2 is 1.88 bits per heavy atom. The molecule has 0 aliphatic rings. The van der Waals surface area contributed by atoms with Crippen molar-refractivity contribution in [1.82, 2.24) is 9.78 Å². The monoisotopic (exact) mass is 373 g/mol. The number of aromatic nitrogens is 2. The Balaban J connectivity index is 2.05. The second-order valence-corrected chi connectivity index (χ2v) is 6.59. The molecule has 0 radical (unpaired) electrons. The van der Waals surface area contributed by atoms with Crippen LogP contribution in [0.2, 0.25) is 5.02 Å². The molecule has 2 N–H and O–H groups in total. The predicted molar refractivity (Wildman–Crippen MR) is 101 cm³/mol. The van der Waals surface area contributed by atoms with E-state index in [1.54, 1.807) is 16.8 Å². The Kier molecular flexibility index (Phi) is 5.23. The number of hydrogen-bond acceptors (Lipinski definition) is 3. The van der Waals surface area contributed by atoms with Crippen LogP contribution < -0.4 is 5.73 Å². The molecule has 1 aromatic heterocycles. The Hall–Kier alpha value is -2.14. The third-order valence-corrected chi connectivity index (χ3v) is 4.56. The van der Waals surface area contributed by atoms with Crippen LogP contribution in [0.15, 0.2) is 48.5 Å². The molecule has 0 saturated heterocycles. The molecule has 0 amide bonds. The number of carbonyl (C=O) groups is 1. The second kappa shape index (κ2) is 7.40. The molecule has 0 spiro atoms. The highest BCUT2D eigenvalue weighted by Gasteiger charge is 2.15. The van der Waals surface area contributed by atoms with Crippen LogP contribution in [0.25, 0.3) is 11.3 Å². The number of rotatable bonds is 5. The maximum absolute atomic E-state index is 11.6. The highest BCUT2D eigenvalue weighted by atomic mass is 35.5. The summed E-state index contributed by atoms with van der Waals surface area (Å²) < 4.78 is 1.77. The summed E-state index contributed by atoms with van der Waals surface area (Å²) in [5.74, 6) is 0. The minimum Gasteiger partial charge on any atom is -0.326 e. The molecule has 0 bridgehead atoms. The number of aryl methyl sites for hydroxylation is 1. The van der Waals surface area contributed by atoms with Gasteiger partial charge in [-0.2, -0.15) is 5.10 Å². The van der Waals surface area contributed by atoms with Crippen LogP contribution in [0.3, 0.4) is 0 Å². The standard InChI is InChI=1S/C19H17Cl2N3O/c1-12-2-4-13(5-3-12)11-24-18(9-17(23-24)19(21)25)14-6-7-16(20)15(8-14)10-22/h2-9H,10-11,22H2,1H3. The molecule has 2 aromatic carbocycles. The lowest BCUT2D eigenvalue weighted by Gasteiger charge is -2.10. The smallest absolute Gasteiger partial charge is 0.272 e. The average Bonchev–Trinajstić information content (AvgIpc) is 3.01. The molecule has 0 fully saturated rings. The van der Waals surface area contributed by atoms with Crippen LogP contribution in [0.4, 0.5) is 0 Å². The van der Waals surface area contributed by atoms with Crippen molar-refractivity contribution >= 4 is 28.4 Å². The summed E-state index contributed by atoms with van der Waals surface area (Å²) >= 11 is 11.8. The van der Waals surface area contributed by atoms with Gasteiger partial charge in [-0.15, -0.1) is 0 Å². The number of nitrogens with zero attached hydrogens (tertiary/aromatic N) is 2. The van der Waals surface area contributed by atoms with Crippen molar-refractivity contribution in [2.45, 2.75) is 20.0 Å². The van der Waals surface area contributed by atoms with Crippen molar-refractivity contribution < 1.29 is 4.79 Å². The van der Waals surface area contributed by atoms with Crippen LogP contribution in [0.1, 0.15) is 27.2 Å². The van der Waals surface area contributed by atoms with Gasteiger partial charge in [-0.1, -0.05) is 47.5 Å². The zero-order valence-corrected chi connectivity index (χ0v) is 15.2. The molecule has 0 aliphatic heterocycles. The maximum Gasteiger partial charge on any atom is 0.272 e. The highest BCUT2D eigenvalue weighted by Crippen LogP contribution is 2.27. The maximum atomic E-state index is 11.6. The lowest BCUT2D eigenvalue weighted by molar-refractivity contribution is 0.107. The number of halogens is 2. The minimum absolute atomic E-state index is 0.216. The van der Waals surface area contributed by atoms with E-state index in [9.17, 15) is 4.79 Å². The molecule has 6 heteroatoms. The van der Waals surface area contributed by atoms with Gasteiger partial charge in [0.05, 0.1) is 12.2 Å². The molecule has 3 aromatic rings. The third-order valence-electron chi connectivity index (χ3n) is 4.00. The van der Waals surface area contributed by atoms with Crippen molar-refractivity contribution in [2.75, 3.05) is 0 Å². The first-order valence-electron chi connectivity index (χ1n) is 7.80. The summed E-state index contributed by atoms with van der Waals surface area (Å²) in [5.41, 5.74) is 10.7. The molecular formula is C19H17Cl2N3O. The minimum atomic E-state index is -0.586. The number of benzene rings is 2. The van der Waals surface area contributed by atoms with Gasteiger partial charge in [0.25, 0.3) is 5.24 Å². The molecule has 1 heterocycles. The van der Waals surface area contributed by atoms with Gasteiger partial charge >= 0.3 is 0 Å². The van der Waals surface area contributed by atoms with Gasteiger partial charge in [-0.25, -0.2) is 0 Å². The molecule has 4 nitrogen and oxygen atoms in total. The number of hydrogen-bond donors (Lipinski definition) is 1. The SMILES string of the molecule is Cc1ccc(Cn2nc(C(=O)Cl)cc2-c2ccc(Cl)c(CN)c2)cc1. The van der Waals surface area contributed by atoms with Gasteiger partial charge < -0.3 is 5.73 Å². The van der Waals surface area contributed by atoms with Gasteiger partial charge in [-0.05, 0) is 47.9 Å². The molecule has 0 aliphatic carbocycles. The lowest BCUT2D eigenvalue weighted by Crippen LogP contribution is -2.05. The Morgan fingerprint density at radius 3 is 2.52 bits per heavy atom. The van der Waals surface area contributed by atoms with E-state index >= 15 is 0 Å². The van der Waals surface area contributed by atoms with E-state index in [1.165, 1.54) is 5.56 Å². The summed E-state index contributed by atoms with van der Waals surface area (Å²) in [7, 11) is 0. The van der Waals surface area contributed by atoms with E-state index in [4.69, 9.17) is 28.9 Å². The summed E-state index contributed by atoms with van der Waals surface area (Å²) in [6.07, 6.45) is 0. The van der Waals surface area contributed by atoms with Crippen molar-refractivity contribution in [3.05, 3.63) is 75.9 Å². The summed E-state index contributed by atoms with van der Waals surface area (Å²) in [6, 6.07) is 15.4. The average molecular weight is 374 g/mol. The normalized spacial score (nSPS) is 10.9. The molecule has 3 rings (SSSR count). The topological polar surface area (TPSA) is 60.9 Å². The lowest BCUT2D eigenvalue weighted by atomic mass is 10.1. The van der Waals surface area contributed by atoms with E-state index < -0.39 is 5.24 Å². The van der Waals surface area contributed by atoms with Gasteiger partial charge in [-0.3, -0.25) is 9.48 Å². The van der Waals surface area contributed by atoms with E-state index in [0.29, 0.717) is 18.1 Å². The largest absolute Gasteiger partial charge is 0.326 e. The molecule has 0 unspecified atom stereocenters. The van der Waals surface area contributed by atoms with Gasteiger partial charge in [0.15, 0.2) is 0 Å². The van der Waals surface area contributed by atoms with Crippen molar-refractivity contribution in [3.8, 4) is 11.3 Å². The van der Waals surface area contributed by atoms with Gasteiger partial charge in [0, 0.05) is 17.1 Å². The third kappa shape index (κ3) is 3.93. The summed E-state index contributed by atoms with van der Waals surface area (Å²) in [5, 5.41) is 4.38. The fraction of sp³-hybridized carbons (Fsp3) is 0.158. The number of carbonyl (C=O) groups excluding carboxylic acids is 1. The second-order valence-electron chi connectivity index (χ2n) is 5.84. The van der Waals surface area contributed by atoms with Crippen molar-refractivity contribution in [3.63, 3.8) is 0 Å². The highest BCUT2D eigenvalue weighted by molar-refractivity contribution is 6.67. The van der Waals surface area contributed by atoms with Crippen LogP contribution in [-0.2, 0) is 13.1 Å². The van der Waals surface area contributed by atoms with Crippen LogP contribution in [0.5, 0.6) is 0 Å². The first-order chi connectivity index (χ1) is 12.0. The van der Waals surface area contributed by atoms with Crippen LogP contribution in [0, 0.1) is 6.92 Å². The van der Waals surface area contributed by atoms with E-state index in [2.05, 4.69) is 5.10 Å². The first kappa shape index (κ1) is 17.7. The Bertz CT molecular complexity index is 917. The van der Waals surface area contributed by atoms with Crippen LogP contribution in [-0.4, -0.2) is 15.0 Å². The molecule has 128 valence electrons. The fourth-order valence-electron chi connectivity index (χ4n) is 2.62. The Labute approximate surface area is 156 Å². The molecule has 0 saturated carbocycles. The van der Waals surface area contributed by atoms with Gasteiger partial charge in [0.1, 0.15) is 5.69 Å². The molecule has 0 atom stereocenters. The molecule has 25 heavy (non-hydrogen) atoms. The zero-order chi connectivity index (χ0) is 18.0. The predicted octanol–water partition coefficient (Wildman–Crippen LogP) is 4.40. The van der Waals surface area contributed by atoms with Crippen LogP contribution >= 0.6 is 23.2 Å². The number of nitrogens with two attached hydrogens (primary N) is 1. The quantitative estimate of drug-likeness (QED) is 0.674.